The van der Waals surface area contributed by atoms with Crippen molar-refractivity contribution in [1.29, 1.82) is 0 Å². The molecular formula is C26H25Cl3N2O3. The van der Waals surface area contributed by atoms with E-state index in [9.17, 15) is 9.59 Å². The van der Waals surface area contributed by atoms with Crippen LogP contribution in [-0.4, -0.2) is 35.9 Å². The fraction of sp³-hybridized carbons (Fsp3) is 0.231. The SMILES string of the molecule is CCNC(=O)C(Cc1ccccc1)N(Cc1ccc(Cl)c(Cl)c1)C(=O)COc1ccc(Cl)cc1. The number of hydrogen-bond acceptors (Lipinski definition) is 3. The van der Waals surface area contributed by atoms with Crippen LogP contribution in [0, 0.1) is 0 Å². The zero-order valence-corrected chi connectivity index (χ0v) is 20.9. The van der Waals surface area contributed by atoms with Crippen LogP contribution in [0.5, 0.6) is 5.75 Å². The number of carbonyl (C=O) groups excluding carboxylic acids is 2. The molecule has 0 heterocycles. The first-order chi connectivity index (χ1) is 16.4. The lowest BCUT2D eigenvalue weighted by molar-refractivity contribution is -0.142. The fourth-order valence-electron chi connectivity index (χ4n) is 3.44. The zero-order valence-electron chi connectivity index (χ0n) is 18.6. The maximum atomic E-state index is 13.4. The topological polar surface area (TPSA) is 58.6 Å². The highest BCUT2D eigenvalue weighted by Crippen LogP contribution is 2.24. The molecule has 0 saturated carbocycles. The molecule has 2 amide bonds. The smallest absolute Gasteiger partial charge is 0.261 e. The van der Waals surface area contributed by atoms with E-state index in [-0.39, 0.29) is 25.0 Å². The molecule has 1 N–H and O–H groups in total. The third kappa shape index (κ3) is 7.39. The molecule has 3 aromatic rings. The minimum atomic E-state index is -0.752. The summed E-state index contributed by atoms with van der Waals surface area (Å²) in [4.78, 5) is 28.0. The van der Waals surface area contributed by atoms with Gasteiger partial charge in [-0.15, -0.1) is 0 Å². The molecule has 1 unspecified atom stereocenters. The molecule has 178 valence electrons. The van der Waals surface area contributed by atoms with Crippen LogP contribution < -0.4 is 10.1 Å². The van der Waals surface area contributed by atoms with Crippen molar-refractivity contribution in [2.45, 2.75) is 25.9 Å². The Morgan fingerprint density at radius 3 is 2.26 bits per heavy atom. The minimum Gasteiger partial charge on any atom is -0.484 e. The summed E-state index contributed by atoms with van der Waals surface area (Å²) in [6, 6.07) is 20.7. The first kappa shape index (κ1) is 25.9. The van der Waals surface area contributed by atoms with Crippen molar-refractivity contribution in [3.05, 3.63) is 99.0 Å². The van der Waals surface area contributed by atoms with Crippen LogP contribution in [0.4, 0.5) is 0 Å². The quantitative estimate of drug-likeness (QED) is 0.368. The lowest BCUT2D eigenvalue weighted by atomic mass is 10.0. The molecule has 0 bridgehead atoms. The third-order valence-electron chi connectivity index (χ3n) is 5.13. The molecule has 0 aliphatic carbocycles. The van der Waals surface area contributed by atoms with E-state index in [1.54, 1.807) is 42.5 Å². The molecule has 34 heavy (non-hydrogen) atoms. The zero-order chi connectivity index (χ0) is 24.5. The van der Waals surface area contributed by atoms with Crippen LogP contribution in [0.1, 0.15) is 18.1 Å². The van der Waals surface area contributed by atoms with E-state index < -0.39 is 6.04 Å². The van der Waals surface area contributed by atoms with Crippen molar-refractivity contribution >= 4 is 46.6 Å². The number of likely N-dealkylation sites (N-methyl/N-ethyl adjacent to an activating group) is 1. The molecule has 0 fully saturated rings. The van der Waals surface area contributed by atoms with Crippen LogP contribution in [0.15, 0.2) is 72.8 Å². The van der Waals surface area contributed by atoms with E-state index in [1.807, 2.05) is 37.3 Å². The van der Waals surface area contributed by atoms with E-state index in [0.29, 0.717) is 33.8 Å². The van der Waals surface area contributed by atoms with Gasteiger partial charge in [0.1, 0.15) is 11.8 Å². The van der Waals surface area contributed by atoms with Gasteiger partial charge in [0.15, 0.2) is 6.61 Å². The first-order valence-corrected chi connectivity index (χ1v) is 11.9. The van der Waals surface area contributed by atoms with Crippen LogP contribution in [0.25, 0.3) is 0 Å². The average molecular weight is 520 g/mol. The average Bonchev–Trinajstić information content (AvgIpc) is 2.83. The number of ether oxygens (including phenoxy) is 1. The summed E-state index contributed by atoms with van der Waals surface area (Å²) in [5.74, 6) is -0.0793. The third-order valence-corrected chi connectivity index (χ3v) is 6.13. The molecule has 0 aromatic heterocycles. The number of rotatable bonds is 10. The normalized spacial score (nSPS) is 11.5. The van der Waals surface area contributed by atoms with Crippen LogP contribution in [0.2, 0.25) is 15.1 Å². The maximum Gasteiger partial charge on any atom is 0.261 e. The highest BCUT2D eigenvalue weighted by atomic mass is 35.5. The van der Waals surface area contributed by atoms with Crippen molar-refractivity contribution in [1.82, 2.24) is 10.2 Å². The summed E-state index contributed by atoms with van der Waals surface area (Å²) in [6.07, 6.45) is 0.348. The molecule has 0 saturated heterocycles. The van der Waals surface area contributed by atoms with Gasteiger partial charge in [0.25, 0.3) is 5.91 Å². The van der Waals surface area contributed by atoms with Crippen LogP contribution in [0.3, 0.4) is 0 Å². The second-order valence-electron chi connectivity index (χ2n) is 7.61. The van der Waals surface area contributed by atoms with Gasteiger partial charge in [0, 0.05) is 24.5 Å². The second-order valence-corrected chi connectivity index (χ2v) is 8.86. The van der Waals surface area contributed by atoms with Gasteiger partial charge < -0.3 is 15.0 Å². The standard InChI is InChI=1S/C26H25Cl3N2O3/c1-2-30-26(33)24(15-18-6-4-3-5-7-18)31(16-19-8-13-22(28)23(29)14-19)25(32)17-34-21-11-9-20(27)10-12-21/h3-14,24H,2,15-17H2,1H3,(H,30,33). The van der Waals surface area contributed by atoms with Crippen molar-refractivity contribution in [3.8, 4) is 5.75 Å². The highest BCUT2D eigenvalue weighted by molar-refractivity contribution is 6.42. The van der Waals surface area contributed by atoms with E-state index in [1.165, 1.54) is 4.90 Å². The van der Waals surface area contributed by atoms with Crippen LogP contribution in [-0.2, 0) is 22.6 Å². The van der Waals surface area contributed by atoms with E-state index in [4.69, 9.17) is 39.5 Å². The van der Waals surface area contributed by atoms with Gasteiger partial charge in [-0.2, -0.15) is 0 Å². The Balaban J connectivity index is 1.90. The summed E-state index contributed by atoms with van der Waals surface area (Å²) in [7, 11) is 0. The van der Waals surface area contributed by atoms with Crippen LogP contribution >= 0.6 is 34.8 Å². The molecule has 0 aliphatic heterocycles. The fourth-order valence-corrected chi connectivity index (χ4v) is 3.89. The lowest BCUT2D eigenvalue weighted by Gasteiger charge is -2.31. The van der Waals surface area contributed by atoms with Crippen molar-refractivity contribution in [2.24, 2.45) is 0 Å². The number of nitrogens with zero attached hydrogens (tertiary/aromatic N) is 1. The summed E-state index contributed by atoms with van der Waals surface area (Å²) in [5.41, 5.74) is 1.68. The van der Waals surface area contributed by atoms with Gasteiger partial charge in [0.2, 0.25) is 5.91 Å². The Kier molecular flexibility index (Phi) is 9.63. The summed E-state index contributed by atoms with van der Waals surface area (Å²) < 4.78 is 5.70. The number of benzene rings is 3. The second kappa shape index (κ2) is 12.7. The molecule has 3 aromatic carbocycles. The van der Waals surface area contributed by atoms with Gasteiger partial charge >= 0.3 is 0 Å². The lowest BCUT2D eigenvalue weighted by Crippen LogP contribution is -2.51. The van der Waals surface area contributed by atoms with Gasteiger partial charge in [-0.1, -0.05) is 71.2 Å². The molecule has 8 heteroatoms. The number of carbonyl (C=O) groups is 2. The molecular weight excluding hydrogens is 495 g/mol. The summed E-state index contributed by atoms with van der Waals surface area (Å²) >= 11 is 18.2. The first-order valence-electron chi connectivity index (χ1n) is 10.8. The Bertz CT molecular complexity index is 1110. The largest absolute Gasteiger partial charge is 0.484 e. The van der Waals surface area contributed by atoms with Gasteiger partial charge in [-0.05, 0) is 54.4 Å². The predicted octanol–water partition coefficient (Wildman–Crippen LogP) is 5.80. The Hall–Kier alpha value is -2.73. The van der Waals surface area contributed by atoms with E-state index in [2.05, 4.69) is 5.32 Å². The minimum absolute atomic E-state index is 0.161. The van der Waals surface area contributed by atoms with Crippen molar-refractivity contribution in [3.63, 3.8) is 0 Å². The van der Waals surface area contributed by atoms with E-state index >= 15 is 0 Å². The molecule has 0 aliphatic rings. The van der Waals surface area contributed by atoms with Gasteiger partial charge in [-0.25, -0.2) is 0 Å². The van der Waals surface area contributed by atoms with Crippen molar-refractivity contribution in [2.75, 3.05) is 13.2 Å². The van der Waals surface area contributed by atoms with E-state index in [0.717, 1.165) is 11.1 Å². The predicted molar refractivity (Wildman–Crippen MR) is 137 cm³/mol. The Morgan fingerprint density at radius 2 is 1.62 bits per heavy atom. The van der Waals surface area contributed by atoms with Crippen molar-refractivity contribution < 1.29 is 14.3 Å². The number of amides is 2. The highest BCUT2D eigenvalue weighted by Gasteiger charge is 2.30. The van der Waals surface area contributed by atoms with Gasteiger partial charge in [-0.3, -0.25) is 9.59 Å². The Morgan fingerprint density at radius 1 is 0.912 bits per heavy atom. The number of nitrogens with one attached hydrogen (secondary N) is 1. The summed E-state index contributed by atoms with van der Waals surface area (Å²) in [6.45, 7) is 2.20. The summed E-state index contributed by atoms with van der Waals surface area (Å²) in [5, 5.41) is 4.21. The molecule has 0 radical (unpaired) electrons. The monoisotopic (exact) mass is 518 g/mol. The molecule has 1 atom stereocenters. The molecule has 3 rings (SSSR count). The molecule has 0 spiro atoms. The number of hydrogen-bond donors (Lipinski definition) is 1. The van der Waals surface area contributed by atoms with Gasteiger partial charge in [0.05, 0.1) is 10.0 Å². The maximum absolute atomic E-state index is 13.4. The number of halogens is 3. The Labute approximate surface area is 214 Å². The molecule has 5 nitrogen and oxygen atoms in total.